The van der Waals surface area contributed by atoms with Gasteiger partial charge in [-0.25, -0.2) is 9.97 Å². The van der Waals surface area contributed by atoms with E-state index in [4.69, 9.17) is 0 Å². The van der Waals surface area contributed by atoms with Crippen LogP contribution in [0.4, 0.5) is 5.13 Å². The molecule has 1 atom stereocenters. The number of hydrogen-bond acceptors (Lipinski definition) is 5. The molecule has 26 heavy (non-hydrogen) atoms. The maximum atomic E-state index is 12.9. The van der Waals surface area contributed by atoms with Crippen molar-refractivity contribution >= 4 is 45.0 Å². The summed E-state index contributed by atoms with van der Waals surface area (Å²) >= 11 is 2.84. The number of carbonyl (C=O) groups excluding carboxylic acids is 1. The number of aromatic nitrogens is 2. The van der Waals surface area contributed by atoms with Crippen molar-refractivity contribution in [3.05, 3.63) is 83.9 Å². The van der Waals surface area contributed by atoms with Gasteiger partial charge in [0.05, 0.1) is 10.5 Å². The number of para-hydroxylation sites is 1. The van der Waals surface area contributed by atoms with Crippen LogP contribution in [0.15, 0.2) is 83.3 Å². The van der Waals surface area contributed by atoms with E-state index in [1.54, 1.807) is 6.20 Å². The Kier molecular flexibility index (Phi) is 4.95. The molecule has 128 valence electrons. The van der Waals surface area contributed by atoms with Gasteiger partial charge in [0.25, 0.3) is 0 Å². The SMILES string of the molecule is O=C(Nc1nccs1)[C@H](Sc1ccc2ccccc2n1)c1ccccc1. The molecule has 0 aliphatic carbocycles. The Balaban J connectivity index is 1.64. The highest BCUT2D eigenvalue weighted by Gasteiger charge is 2.23. The van der Waals surface area contributed by atoms with Crippen LogP contribution >= 0.6 is 23.1 Å². The smallest absolute Gasteiger partial charge is 0.244 e. The van der Waals surface area contributed by atoms with Crippen molar-refractivity contribution in [2.45, 2.75) is 10.3 Å². The van der Waals surface area contributed by atoms with Gasteiger partial charge in [0.1, 0.15) is 5.25 Å². The summed E-state index contributed by atoms with van der Waals surface area (Å²) in [6.07, 6.45) is 1.68. The predicted octanol–water partition coefficient (Wildman–Crippen LogP) is 5.16. The van der Waals surface area contributed by atoms with Gasteiger partial charge >= 0.3 is 0 Å². The predicted molar refractivity (Wildman–Crippen MR) is 108 cm³/mol. The van der Waals surface area contributed by atoms with Crippen LogP contribution < -0.4 is 5.32 Å². The fraction of sp³-hybridized carbons (Fsp3) is 0.0500. The summed E-state index contributed by atoms with van der Waals surface area (Å²) in [6.45, 7) is 0. The quantitative estimate of drug-likeness (QED) is 0.488. The number of anilines is 1. The van der Waals surface area contributed by atoms with E-state index in [9.17, 15) is 4.79 Å². The summed E-state index contributed by atoms with van der Waals surface area (Å²) in [5, 5.41) is 6.82. The third-order valence-corrected chi connectivity index (χ3v) is 5.69. The van der Waals surface area contributed by atoms with Gasteiger partial charge in [-0.05, 0) is 17.7 Å². The Hall–Kier alpha value is -2.70. The van der Waals surface area contributed by atoms with Gasteiger partial charge in [0, 0.05) is 17.0 Å². The van der Waals surface area contributed by atoms with Crippen molar-refractivity contribution in [1.82, 2.24) is 9.97 Å². The van der Waals surface area contributed by atoms with Crippen molar-refractivity contribution in [2.24, 2.45) is 0 Å². The zero-order valence-electron chi connectivity index (χ0n) is 13.7. The molecule has 0 spiro atoms. The lowest BCUT2D eigenvalue weighted by Gasteiger charge is -2.16. The van der Waals surface area contributed by atoms with Gasteiger partial charge in [-0.15, -0.1) is 11.3 Å². The molecule has 0 unspecified atom stereocenters. The first-order valence-electron chi connectivity index (χ1n) is 8.07. The highest BCUT2D eigenvalue weighted by molar-refractivity contribution is 8.00. The van der Waals surface area contributed by atoms with Gasteiger partial charge in [-0.3, -0.25) is 4.79 Å². The Labute approximate surface area is 159 Å². The van der Waals surface area contributed by atoms with Crippen LogP contribution in [0.5, 0.6) is 0 Å². The van der Waals surface area contributed by atoms with Crippen molar-refractivity contribution in [3.8, 4) is 0 Å². The molecule has 0 aliphatic rings. The maximum Gasteiger partial charge on any atom is 0.244 e. The molecular weight excluding hydrogens is 362 g/mol. The highest BCUT2D eigenvalue weighted by atomic mass is 32.2. The molecule has 0 bridgehead atoms. The third kappa shape index (κ3) is 3.76. The number of amides is 1. The van der Waals surface area contributed by atoms with E-state index in [0.29, 0.717) is 5.13 Å². The zero-order valence-corrected chi connectivity index (χ0v) is 15.3. The lowest BCUT2D eigenvalue weighted by Crippen LogP contribution is -2.19. The Morgan fingerprint density at radius 1 is 1.00 bits per heavy atom. The van der Waals surface area contributed by atoms with Crippen LogP contribution in [0, 0.1) is 0 Å². The van der Waals surface area contributed by atoms with E-state index >= 15 is 0 Å². The van der Waals surface area contributed by atoms with Crippen molar-refractivity contribution in [2.75, 3.05) is 5.32 Å². The summed E-state index contributed by atoms with van der Waals surface area (Å²) in [5.41, 5.74) is 1.85. The summed E-state index contributed by atoms with van der Waals surface area (Å²) in [7, 11) is 0. The second kappa shape index (κ2) is 7.68. The number of carbonyl (C=O) groups is 1. The van der Waals surface area contributed by atoms with E-state index in [-0.39, 0.29) is 5.91 Å². The number of fused-ring (bicyclic) bond motifs is 1. The molecule has 0 radical (unpaired) electrons. The summed E-state index contributed by atoms with van der Waals surface area (Å²) in [5.74, 6) is -0.105. The maximum absolute atomic E-state index is 12.9. The van der Waals surface area contributed by atoms with Gasteiger partial charge in [-0.2, -0.15) is 0 Å². The summed E-state index contributed by atoms with van der Waals surface area (Å²) < 4.78 is 0. The molecule has 4 rings (SSSR count). The first-order chi connectivity index (χ1) is 12.8. The molecule has 1 N–H and O–H groups in total. The minimum absolute atomic E-state index is 0.105. The zero-order chi connectivity index (χ0) is 17.8. The largest absolute Gasteiger partial charge is 0.301 e. The molecular formula is C20H15N3OS2. The first-order valence-corrected chi connectivity index (χ1v) is 9.83. The van der Waals surface area contributed by atoms with Crippen LogP contribution in [0.3, 0.4) is 0 Å². The number of rotatable bonds is 5. The first kappa shape index (κ1) is 16.8. The van der Waals surface area contributed by atoms with Gasteiger partial charge in [0.15, 0.2) is 5.13 Å². The number of benzene rings is 2. The Morgan fingerprint density at radius 2 is 1.81 bits per heavy atom. The van der Waals surface area contributed by atoms with Crippen LogP contribution in [0.25, 0.3) is 10.9 Å². The molecule has 0 fully saturated rings. The standard InChI is InChI=1S/C20H15N3OS2/c24-19(23-20-21-12-13-25-20)18(15-7-2-1-3-8-15)26-17-11-10-14-6-4-5-9-16(14)22-17/h1-13,18H,(H,21,23,24)/t18-/m1/s1. The molecule has 0 saturated heterocycles. The molecule has 0 saturated carbocycles. The van der Waals surface area contributed by atoms with Crippen molar-refractivity contribution in [3.63, 3.8) is 0 Å². The van der Waals surface area contributed by atoms with Gasteiger partial charge in [-0.1, -0.05) is 66.4 Å². The third-order valence-electron chi connectivity index (χ3n) is 3.81. The molecule has 2 heterocycles. The van der Waals surface area contributed by atoms with E-state index in [0.717, 1.165) is 21.5 Å². The second-order valence-electron chi connectivity index (χ2n) is 5.58. The minimum atomic E-state index is -0.409. The number of pyridine rings is 1. The summed E-state index contributed by atoms with van der Waals surface area (Å²) in [4.78, 5) is 21.7. The monoisotopic (exact) mass is 377 g/mol. The molecule has 6 heteroatoms. The van der Waals surface area contributed by atoms with Crippen LogP contribution in [-0.4, -0.2) is 15.9 Å². The van der Waals surface area contributed by atoms with E-state index in [2.05, 4.69) is 15.3 Å². The number of hydrogen-bond donors (Lipinski definition) is 1. The number of thioether (sulfide) groups is 1. The lowest BCUT2D eigenvalue weighted by atomic mass is 10.1. The van der Waals surface area contributed by atoms with Crippen LogP contribution in [0.1, 0.15) is 10.8 Å². The Bertz CT molecular complexity index is 1020. The number of nitrogens with zero attached hydrogens (tertiary/aromatic N) is 2. The second-order valence-corrected chi connectivity index (χ2v) is 7.60. The van der Waals surface area contributed by atoms with Gasteiger partial charge in [0.2, 0.25) is 5.91 Å². The lowest BCUT2D eigenvalue weighted by molar-refractivity contribution is -0.115. The average molecular weight is 377 g/mol. The molecule has 4 nitrogen and oxygen atoms in total. The topological polar surface area (TPSA) is 54.9 Å². The minimum Gasteiger partial charge on any atom is -0.301 e. The average Bonchev–Trinajstić information content (AvgIpc) is 3.19. The molecule has 0 aliphatic heterocycles. The fourth-order valence-electron chi connectivity index (χ4n) is 2.59. The molecule has 4 aromatic rings. The van der Waals surface area contributed by atoms with Crippen molar-refractivity contribution < 1.29 is 4.79 Å². The van der Waals surface area contributed by atoms with Crippen molar-refractivity contribution in [1.29, 1.82) is 0 Å². The van der Waals surface area contributed by atoms with Crippen LogP contribution in [0.2, 0.25) is 0 Å². The van der Waals surface area contributed by atoms with E-state index in [1.807, 2.05) is 72.1 Å². The fourth-order valence-corrected chi connectivity index (χ4v) is 4.12. The normalized spacial score (nSPS) is 12.0. The Morgan fingerprint density at radius 3 is 2.62 bits per heavy atom. The summed E-state index contributed by atoms with van der Waals surface area (Å²) in [6, 6.07) is 21.7. The highest BCUT2D eigenvalue weighted by Crippen LogP contribution is 2.36. The molecule has 2 aromatic heterocycles. The number of thiazole rings is 1. The molecule has 1 amide bonds. The van der Waals surface area contributed by atoms with Gasteiger partial charge < -0.3 is 5.32 Å². The van der Waals surface area contributed by atoms with E-state index in [1.165, 1.54) is 23.1 Å². The number of nitrogens with one attached hydrogen (secondary N) is 1. The van der Waals surface area contributed by atoms with E-state index < -0.39 is 5.25 Å². The molecule has 2 aromatic carbocycles. The van der Waals surface area contributed by atoms with Crippen LogP contribution in [-0.2, 0) is 4.79 Å².